The Hall–Kier alpha value is -3.58. The van der Waals surface area contributed by atoms with Crippen molar-refractivity contribution in [1.82, 2.24) is 15.3 Å². The van der Waals surface area contributed by atoms with Crippen LogP contribution in [0.2, 0.25) is 0 Å². The molecular weight excluding hydrogens is 374 g/mol. The van der Waals surface area contributed by atoms with Crippen LogP contribution in [0.25, 0.3) is 22.4 Å². The third kappa shape index (κ3) is 3.25. The molecule has 0 spiro atoms. The molecule has 4 aromatic rings. The van der Waals surface area contributed by atoms with E-state index in [1.54, 1.807) is 12.1 Å². The summed E-state index contributed by atoms with van der Waals surface area (Å²) in [4.78, 5) is 20.3. The monoisotopic (exact) mass is 390 g/mol. The molecule has 0 aliphatic carbocycles. The number of amides is 1. The first-order chi connectivity index (χ1) is 14.1. The van der Waals surface area contributed by atoms with Gasteiger partial charge in [0.2, 0.25) is 0 Å². The Bertz CT molecular complexity index is 1270. The molecular formula is C22H16F2N4O. The normalized spacial score (nSPS) is 12.9. The highest BCUT2D eigenvalue weighted by atomic mass is 19.1. The van der Waals surface area contributed by atoms with Gasteiger partial charge in [-0.3, -0.25) is 4.79 Å². The zero-order valence-corrected chi connectivity index (χ0v) is 15.2. The Morgan fingerprint density at radius 3 is 2.69 bits per heavy atom. The molecule has 0 fully saturated rings. The second kappa shape index (κ2) is 6.79. The first-order valence-electron chi connectivity index (χ1n) is 9.16. The predicted octanol–water partition coefficient (Wildman–Crippen LogP) is 4.36. The lowest BCUT2D eigenvalue weighted by molar-refractivity contribution is 0.102. The maximum absolute atomic E-state index is 14.2. The molecule has 0 bridgehead atoms. The van der Waals surface area contributed by atoms with Crippen LogP contribution in [-0.4, -0.2) is 15.9 Å². The fraction of sp³-hybridized carbons (Fsp3) is 0.0909. The lowest BCUT2D eigenvalue weighted by Crippen LogP contribution is -2.13. The minimum absolute atomic E-state index is 0.109. The number of carbonyl (C=O) groups is 1. The van der Waals surface area contributed by atoms with Gasteiger partial charge in [-0.2, -0.15) is 0 Å². The molecule has 7 heteroatoms. The Balaban J connectivity index is 1.52. The van der Waals surface area contributed by atoms with Gasteiger partial charge in [0, 0.05) is 24.3 Å². The van der Waals surface area contributed by atoms with E-state index in [0.29, 0.717) is 28.1 Å². The van der Waals surface area contributed by atoms with Gasteiger partial charge in [-0.1, -0.05) is 18.2 Å². The fourth-order valence-corrected chi connectivity index (χ4v) is 3.60. The summed E-state index contributed by atoms with van der Waals surface area (Å²) in [6.07, 6.45) is 0. The molecule has 0 atom stereocenters. The number of nitrogens with one attached hydrogen (secondary N) is 3. The average Bonchev–Trinajstić information content (AvgIpc) is 3.33. The number of hydrogen-bond acceptors (Lipinski definition) is 3. The van der Waals surface area contributed by atoms with E-state index in [1.807, 2.05) is 18.2 Å². The van der Waals surface area contributed by atoms with Crippen molar-refractivity contribution in [3.8, 4) is 11.4 Å². The van der Waals surface area contributed by atoms with Crippen LogP contribution in [0, 0.1) is 11.6 Å². The molecule has 144 valence electrons. The van der Waals surface area contributed by atoms with Crippen LogP contribution in [0.4, 0.5) is 14.5 Å². The third-order valence-electron chi connectivity index (χ3n) is 4.99. The van der Waals surface area contributed by atoms with Gasteiger partial charge in [-0.25, -0.2) is 13.8 Å². The first-order valence-corrected chi connectivity index (χ1v) is 9.16. The summed E-state index contributed by atoms with van der Waals surface area (Å²) >= 11 is 0. The van der Waals surface area contributed by atoms with Crippen LogP contribution >= 0.6 is 0 Å². The number of hydrogen-bond donors (Lipinski definition) is 3. The van der Waals surface area contributed by atoms with E-state index in [2.05, 4.69) is 20.6 Å². The minimum Gasteiger partial charge on any atom is -0.338 e. The SMILES string of the molecule is O=C(Nc1ccc2c(c1)CNC2)c1cc(F)cc2[nH]c(-c3cccc(F)c3)nc12. The summed E-state index contributed by atoms with van der Waals surface area (Å²) in [5.74, 6) is -1.06. The Morgan fingerprint density at radius 2 is 1.83 bits per heavy atom. The molecule has 2 heterocycles. The number of carbonyl (C=O) groups excluding carboxylic acids is 1. The van der Waals surface area contributed by atoms with Crippen LogP contribution in [0.3, 0.4) is 0 Å². The van der Waals surface area contributed by atoms with Crippen molar-refractivity contribution < 1.29 is 13.6 Å². The number of aromatic nitrogens is 2. The topological polar surface area (TPSA) is 69.8 Å². The van der Waals surface area contributed by atoms with Gasteiger partial charge in [0.25, 0.3) is 5.91 Å². The van der Waals surface area contributed by atoms with E-state index in [-0.39, 0.29) is 5.56 Å². The summed E-state index contributed by atoms with van der Waals surface area (Å²) < 4.78 is 27.7. The first kappa shape index (κ1) is 17.5. The number of halogens is 2. The standard InChI is InChI=1S/C22H16F2N4O/c23-15-3-1-2-12(6-15)21-27-19-9-16(24)8-18(20(19)28-21)22(29)26-17-5-4-13-10-25-11-14(13)7-17/h1-9,25H,10-11H2,(H,26,29)(H,27,28). The molecule has 5 rings (SSSR count). The van der Waals surface area contributed by atoms with Crippen molar-refractivity contribution in [3.63, 3.8) is 0 Å². The molecule has 1 aliphatic rings. The van der Waals surface area contributed by atoms with Gasteiger partial charge in [-0.05, 0) is 47.5 Å². The van der Waals surface area contributed by atoms with Crippen molar-refractivity contribution in [3.05, 3.63) is 82.9 Å². The summed E-state index contributed by atoms with van der Waals surface area (Å²) in [5, 5.41) is 6.07. The smallest absolute Gasteiger partial charge is 0.258 e. The van der Waals surface area contributed by atoms with Crippen LogP contribution in [0.5, 0.6) is 0 Å². The van der Waals surface area contributed by atoms with Gasteiger partial charge >= 0.3 is 0 Å². The molecule has 0 unspecified atom stereocenters. The lowest BCUT2D eigenvalue weighted by Gasteiger charge is -2.08. The number of rotatable bonds is 3. The maximum atomic E-state index is 14.2. The number of anilines is 1. The van der Waals surface area contributed by atoms with E-state index in [1.165, 1.54) is 23.8 Å². The quantitative estimate of drug-likeness (QED) is 0.487. The zero-order chi connectivity index (χ0) is 20.0. The molecule has 1 amide bonds. The molecule has 5 nitrogen and oxygen atoms in total. The molecule has 0 saturated heterocycles. The number of nitrogens with zero attached hydrogens (tertiary/aromatic N) is 1. The van der Waals surface area contributed by atoms with E-state index < -0.39 is 17.5 Å². The van der Waals surface area contributed by atoms with Crippen molar-refractivity contribution in [2.75, 3.05) is 5.32 Å². The third-order valence-corrected chi connectivity index (χ3v) is 4.99. The van der Waals surface area contributed by atoms with Crippen molar-refractivity contribution in [1.29, 1.82) is 0 Å². The van der Waals surface area contributed by atoms with Gasteiger partial charge < -0.3 is 15.6 Å². The van der Waals surface area contributed by atoms with Crippen molar-refractivity contribution in [2.45, 2.75) is 13.1 Å². The maximum Gasteiger partial charge on any atom is 0.258 e. The Morgan fingerprint density at radius 1 is 0.966 bits per heavy atom. The van der Waals surface area contributed by atoms with Gasteiger partial charge in [0.1, 0.15) is 23.0 Å². The number of aromatic amines is 1. The highest BCUT2D eigenvalue weighted by Crippen LogP contribution is 2.26. The molecule has 0 radical (unpaired) electrons. The van der Waals surface area contributed by atoms with Crippen LogP contribution in [0.1, 0.15) is 21.5 Å². The molecule has 3 aromatic carbocycles. The average molecular weight is 390 g/mol. The van der Waals surface area contributed by atoms with E-state index in [4.69, 9.17) is 0 Å². The van der Waals surface area contributed by atoms with Crippen LogP contribution < -0.4 is 10.6 Å². The van der Waals surface area contributed by atoms with Gasteiger partial charge in [-0.15, -0.1) is 0 Å². The predicted molar refractivity (Wildman–Crippen MR) is 106 cm³/mol. The summed E-state index contributed by atoms with van der Waals surface area (Å²) in [6, 6.07) is 14.0. The van der Waals surface area contributed by atoms with Gasteiger partial charge in [0.05, 0.1) is 11.1 Å². The number of imidazole rings is 1. The molecule has 3 N–H and O–H groups in total. The summed E-state index contributed by atoms with van der Waals surface area (Å²) in [7, 11) is 0. The second-order valence-electron chi connectivity index (χ2n) is 6.99. The Kier molecular flexibility index (Phi) is 4.10. The molecule has 29 heavy (non-hydrogen) atoms. The highest BCUT2D eigenvalue weighted by Gasteiger charge is 2.18. The summed E-state index contributed by atoms with van der Waals surface area (Å²) in [5.41, 5.74) is 4.27. The second-order valence-corrected chi connectivity index (χ2v) is 6.99. The van der Waals surface area contributed by atoms with Crippen molar-refractivity contribution >= 4 is 22.6 Å². The van der Waals surface area contributed by atoms with Crippen LogP contribution in [-0.2, 0) is 13.1 Å². The number of fused-ring (bicyclic) bond motifs is 2. The number of benzene rings is 3. The van der Waals surface area contributed by atoms with Gasteiger partial charge in [0.15, 0.2) is 0 Å². The van der Waals surface area contributed by atoms with Crippen molar-refractivity contribution in [2.24, 2.45) is 0 Å². The molecule has 0 saturated carbocycles. The van der Waals surface area contributed by atoms with E-state index in [0.717, 1.165) is 24.7 Å². The summed E-state index contributed by atoms with van der Waals surface area (Å²) in [6.45, 7) is 1.56. The minimum atomic E-state index is -0.560. The molecule has 1 aromatic heterocycles. The largest absolute Gasteiger partial charge is 0.338 e. The molecule has 1 aliphatic heterocycles. The highest BCUT2D eigenvalue weighted by molar-refractivity contribution is 6.11. The zero-order valence-electron chi connectivity index (χ0n) is 15.2. The van der Waals surface area contributed by atoms with E-state index >= 15 is 0 Å². The van der Waals surface area contributed by atoms with E-state index in [9.17, 15) is 13.6 Å². The number of H-pyrrole nitrogens is 1. The van der Waals surface area contributed by atoms with Crippen LogP contribution in [0.15, 0.2) is 54.6 Å². The Labute approximate surface area is 164 Å². The fourth-order valence-electron chi connectivity index (χ4n) is 3.60. The lowest BCUT2D eigenvalue weighted by atomic mass is 10.1.